The first-order chi connectivity index (χ1) is 9.15. The van der Waals surface area contributed by atoms with E-state index in [1.54, 1.807) is 17.9 Å². The molecule has 0 saturated heterocycles. The smallest absolute Gasteiger partial charge is 0.213 e. The zero-order valence-corrected chi connectivity index (χ0v) is 12.3. The minimum atomic E-state index is 0.610. The maximum atomic E-state index is 6.03. The van der Waals surface area contributed by atoms with Crippen LogP contribution in [0, 0.1) is 0 Å². The number of tetrazole rings is 1. The summed E-state index contributed by atoms with van der Waals surface area (Å²) in [5.41, 5.74) is 7.52. The fraction of sp³-hybridized carbons (Fsp3) is 0.0909. The quantitative estimate of drug-likeness (QED) is 0.772. The summed E-state index contributed by atoms with van der Waals surface area (Å²) in [6.07, 6.45) is 1.66. The number of nitrogen functional groups attached to an aromatic ring is 1. The fourth-order valence-corrected chi connectivity index (χ4v) is 2.90. The Kier molecular flexibility index (Phi) is 3.11. The number of hydrogen-bond donors (Lipinski definition) is 1. The van der Waals surface area contributed by atoms with Crippen molar-refractivity contribution in [3.8, 4) is 0 Å². The highest BCUT2D eigenvalue weighted by molar-refractivity contribution is 9.10. The third-order valence-corrected chi connectivity index (χ3v) is 4.26. The van der Waals surface area contributed by atoms with Crippen molar-refractivity contribution in [2.45, 2.75) is 10.1 Å². The monoisotopic (exact) mass is 336 g/mol. The van der Waals surface area contributed by atoms with Gasteiger partial charge in [0.2, 0.25) is 5.16 Å². The van der Waals surface area contributed by atoms with Gasteiger partial charge in [-0.25, -0.2) is 4.68 Å². The molecule has 6 nitrogen and oxygen atoms in total. The topological polar surface area (TPSA) is 82.5 Å². The van der Waals surface area contributed by atoms with Crippen molar-refractivity contribution in [2.75, 3.05) is 5.73 Å². The number of nitrogens with two attached hydrogens (primary N) is 1. The zero-order valence-electron chi connectivity index (χ0n) is 9.91. The summed E-state index contributed by atoms with van der Waals surface area (Å²) in [5, 5.41) is 13.0. The highest BCUT2D eigenvalue weighted by Crippen LogP contribution is 2.36. The SMILES string of the molecule is Cn1nnnc1Sc1c(N)cnc2ccc(Br)cc12. The summed E-state index contributed by atoms with van der Waals surface area (Å²) in [6, 6.07) is 5.88. The van der Waals surface area contributed by atoms with Crippen molar-refractivity contribution in [1.29, 1.82) is 0 Å². The maximum Gasteiger partial charge on any atom is 0.213 e. The Morgan fingerprint density at radius 2 is 2.21 bits per heavy atom. The molecule has 0 unspecified atom stereocenters. The lowest BCUT2D eigenvalue weighted by Crippen LogP contribution is -1.96. The van der Waals surface area contributed by atoms with Crippen molar-refractivity contribution >= 4 is 44.3 Å². The highest BCUT2D eigenvalue weighted by atomic mass is 79.9. The van der Waals surface area contributed by atoms with Crippen LogP contribution in [0.1, 0.15) is 0 Å². The minimum Gasteiger partial charge on any atom is -0.397 e. The first kappa shape index (κ1) is 12.4. The largest absolute Gasteiger partial charge is 0.397 e. The molecule has 2 N–H and O–H groups in total. The van der Waals surface area contributed by atoms with Crippen LogP contribution in [0.15, 0.2) is 38.9 Å². The molecule has 2 aromatic heterocycles. The molecule has 0 aliphatic rings. The van der Waals surface area contributed by atoms with Crippen LogP contribution < -0.4 is 5.73 Å². The predicted molar refractivity (Wildman–Crippen MR) is 76.8 cm³/mol. The number of anilines is 1. The summed E-state index contributed by atoms with van der Waals surface area (Å²) >= 11 is 4.89. The van der Waals surface area contributed by atoms with Gasteiger partial charge in [-0.1, -0.05) is 15.9 Å². The van der Waals surface area contributed by atoms with Gasteiger partial charge in [-0.2, -0.15) is 0 Å². The molecule has 1 aromatic carbocycles. The molecule has 2 heterocycles. The molecule has 0 aliphatic carbocycles. The standard InChI is InChI=1S/C11H9BrN6S/c1-18-11(15-16-17-18)19-10-7-4-6(12)2-3-9(7)14-5-8(10)13/h2-5H,13H2,1H3. The van der Waals surface area contributed by atoms with Gasteiger partial charge in [0.25, 0.3) is 0 Å². The zero-order chi connectivity index (χ0) is 13.4. The second-order valence-electron chi connectivity index (χ2n) is 3.89. The van der Waals surface area contributed by atoms with Gasteiger partial charge >= 0.3 is 0 Å². The first-order valence-corrected chi connectivity index (χ1v) is 7.00. The van der Waals surface area contributed by atoms with Crippen molar-refractivity contribution in [3.63, 3.8) is 0 Å². The van der Waals surface area contributed by atoms with Crippen LogP contribution >= 0.6 is 27.7 Å². The van der Waals surface area contributed by atoms with Crippen LogP contribution in [0.4, 0.5) is 5.69 Å². The molecule has 0 fully saturated rings. The molecule has 0 aliphatic heterocycles. The molecular weight excluding hydrogens is 328 g/mol. The Morgan fingerprint density at radius 1 is 1.37 bits per heavy atom. The summed E-state index contributed by atoms with van der Waals surface area (Å²) in [7, 11) is 1.79. The minimum absolute atomic E-state index is 0.610. The summed E-state index contributed by atoms with van der Waals surface area (Å²) in [5.74, 6) is 0. The van der Waals surface area contributed by atoms with Gasteiger partial charge in [0, 0.05) is 21.8 Å². The average molecular weight is 337 g/mol. The average Bonchev–Trinajstić information content (AvgIpc) is 2.79. The van der Waals surface area contributed by atoms with Crippen molar-refractivity contribution in [3.05, 3.63) is 28.9 Å². The van der Waals surface area contributed by atoms with Crippen molar-refractivity contribution in [1.82, 2.24) is 25.2 Å². The van der Waals surface area contributed by atoms with Crippen molar-refractivity contribution in [2.24, 2.45) is 7.05 Å². The number of fused-ring (bicyclic) bond motifs is 1. The lowest BCUT2D eigenvalue weighted by atomic mass is 10.2. The van der Waals surface area contributed by atoms with E-state index < -0.39 is 0 Å². The number of aryl methyl sites for hydroxylation is 1. The summed E-state index contributed by atoms with van der Waals surface area (Å²) in [6.45, 7) is 0. The second kappa shape index (κ2) is 4.78. The van der Waals surface area contributed by atoms with Crippen LogP contribution in [0.5, 0.6) is 0 Å². The van der Waals surface area contributed by atoms with Gasteiger partial charge in [-0.15, -0.1) is 5.10 Å². The van der Waals surface area contributed by atoms with Gasteiger partial charge in [0.05, 0.1) is 17.4 Å². The first-order valence-electron chi connectivity index (χ1n) is 5.39. The number of hydrogen-bond acceptors (Lipinski definition) is 6. The van der Waals surface area contributed by atoms with Crippen LogP contribution in [-0.4, -0.2) is 25.2 Å². The van der Waals surface area contributed by atoms with E-state index in [1.807, 2.05) is 18.2 Å². The van der Waals surface area contributed by atoms with Gasteiger partial charge in [0.1, 0.15) is 0 Å². The Bertz CT molecular complexity index is 751. The van der Waals surface area contributed by atoms with E-state index in [1.165, 1.54) is 11.8 Å². The number of nitrogens with zero attached hydrogens (tertiary/aromatic N) is 5. The molecule has 0 atom stereocenters. The van der Waals surface area contributed by atoms with Crippen LogP contribution in [0.2, 0.25) is 0 Å². The number of halogens is 1. The van der Waals surface area contributed by atoms with E-state index in [0.717, 1.165) is 20.3 Å². The molecule has 0 spiro atoms. The Balaban J connectivity index is 2.18. The van der Waals surface area contributed by atoms with Crippen LogP contribution in [-0.2, 0) is 7.05 Å². The molecule has 96 valence electrons. The Morgan fingerprint density at radius 3 is 2.95 bits per heavy atom. The number of benzene rings is 1. The van der Waals surface area contributed by atoms with Crippen molar-refractivity contribution < 1.29 is 0 Å². The predicted octanol–water partition coefficient (Wildman–Crippen LogP) is 2.25. The lowest BCUT2D eigenvalue weighted by Gasteiger charge is -2.08. The molecule has 3 rings (SSSR count). The Hall–Kier alpha value is -1.67. The van der Waals surface area contributed by atoms with E-state index >= 15 is 0 Å². The maximum absolute atomic E-state index is 6.03. The molecule has 3 aromatic rings. The van der Waals surface area contributed by atoms with E-state index in [9.17, 15) is 0 Å². The molecular formula is C11H9BrN6S. The van der Waals surface area contributed by atoms with Crippen LogP contribution in [0.3, 0.4) is 0 Å². The molecule has 0 saturated carbocycles. The van der Waals surface area contributed by atoms with Gasteiger partial charge in [0.15, 0.2) is 0 Å². The van der Waals surface area contributed by atoms with Crippen LogP contribution in [0.25, 0.3) is 10.9 Å². The van der Waals surface area contributed by atoms with E-state index in [2.05, 4.69) is 36.4 Å². The van der Waals surface area contributed by atoms with E-state index in [-0.39, 0.29) is 0 Å². The summed E-state index contributed by atoms with van der Waals surface area (Å²) in [4.78, 5) is 5.22. The van der Waals surface area contributed by atoms with Gasteiger partial charge < -0.3 is 5.73 Å². The Labute approximate surface area is 121 Å². The van der Waals surface area contributed by atoms with Gasteiger partial charge in [-0.05, 0) is 40.4 Å². The second-order valence-corrected chi connectivity index (χ2v) is 5.78. The lowest BCUT2D eigenvalue weighted by molar-refractivity contribution is 0.665. The molecule has 19 heavy (non-hydrogen) atoms. The number of pyridine rings is 1. The summed E-state index contributed by atoms with van der Waals surface area (Å²) < 4.78 is 2.58. The van der Waals surface area contributed by atoms with E-state index in [0.29, 0.717) is 10.8 Å². The number of aromatic nitrogens is 5. The third-order valence-electron chi connectivity index (χ3n) is 2.58. The molecule has 0 amide bonds. The fourth-order valence-electron chi connectivity index (χ4n) is 1.67. The highest BCUT2D eigenvalue weighted by Gasteiger charge is 2.12. The molecule has 8 heteroatoms. The third kappa shape index (κ3) is 2.28. The molecule has 0 radical (unpaired) electrons. The van der Waals surface area contributed by atoms with Gasteiger partial charge in [-0.3, -0.25) is 4.98 Å². The number of rotatable bonds is 2. The van der Waals surface area contributed by atoms with E-state index in [4.69, 9.17) is 5.73 Å². The normalized spacial score (nSPS) is 11.1. The molecule has 0 bridgehead atoms.